The number of rotatable bonds is 2. The summed E-state index contributed by atoms with van der Waals surface area (Å²) in [6.45, 7) is 0. The van der Waals surface area contributed by atoms with Crippen LogP contribution in [0.5, 0.6) is 0 Å². The second-order valence-electron chi connectivity index (χ2n) is 4.41. The van der Waals surface area contributed by atoms with E-state index >= 15 is 0 Å². The lowest BCUT2D eigenvalue weighted by molar-refractivity contribution is 1.13. The number of alkyl halides is 1. The van der Waals surface area contributed by atoms with Gasteiger partial charge in [0.15, 0.2) is 0 Å². The van der Waals surface area contributed by atoms with Crippen LogP contribution in [0.2, 0.25) is 0 Å². The van der Waals surface area contributed by atoms with Crippen molar-refractivity contribution in [1.29, 1.82) is 0 Å². The first kappa shape index (κ1) is 14.2. The fourth-order valence-electron chi connectivity index (χ4n) is 2.08. The number of nitrogens with one attached hydrogen (secondary N) is 2. The van der Waals surface area contributed by atoms with Gasteiger partial charge in [-0.15, -0.1) is 11.6 Å². The molecule has 0 fully saturated rings. The summed E-state index contributed by atoms with van der Waals surface area (Å²) in [6, 6.07) is 11.8. The topological polar surface area (TPSA) is 48.6 Å². The maximum absolute atomic E-state index is 11.3. The van der Waals surface area contributed by atoms with Gasteiger partial charge in [-0.3, -0.25) is 0 Å². The van der Waals surface area contributed by atoms with Crippen molar-refractivity contribution in [2.75, 3.05) is 0 Å². The summed E-state index contributed by atoms with van der Waals surface area (Å²) in [4.78, 5) is 16.8. The van der Waals surface area contributed by atoms with E-state index in [9.17, 15) is 4.79 Å². The Labute approximate surface area is 142 Å². The quantitative estimate of drug-likeness (QED) is 0.425. The molecular formula is C14H9BrClIN2O. The van der Waals surface area contributed by atoms with Crippen molar-refractivity contribution in [1.82, 2.24) is 9.97 Å². The summed E-state index contributed by atoms with van der Waals surface area (Å²) in [6.07, 6.45) is 0. The van der Waals surface area contributed by atoms with Crippen molar-refractivity contribution < 1.29 is 0 Å². The molecule has 0 saturated carbocycles. The maximum atomic E-state index is 11.3. The van der Waals surface area contributed by atoms with Crippen LogP contribution in [-0.2, 0) is 0 Å². The van der Waals surface area contributed by atoms with Gasteiger partial charge in [0.05, 0.1) is 16.4 Å². The number of hydrogen-bond donors (Lipinski definition) is 2. The fraction of sp³-hybridized carbons (Fsp3) is 0.0714. The van der Waals surface area contributed by atoms with Crippen LogP contribution in [0, 0.1) is 3.57 Å². The minimum atomic E-state index is -0.274. The predicted octanol–water partition coefficient (Wildman–Crippen LogP) is 4.55. The third kappa shape index (κ3) is 2.66. The van der Waals surface area contributed by atoms with Gasteiger partial charge in [-0.2, -0.15) is 0 Å². The van der Waals surface area contributed by atoms with E-state index in [1.807, 2.05) is 36.4 Å². The number of aromatic nitrogens is 2. The van der Waals surface area contributed by atoms with E-state index in [2.05, 4.69) is 48.5 Å². The molecule has 1 heterocycles. The Bertz CT molecular complexity index is 825. The van der Waals surface area contributed by atoms with E-state index in [1.54, 1.807) is 0 Å². The monoisotopic (exact) mass is 462 g/mol. The van der Waals surface area contributed by atoms with E-state index in [0.29, 0.717) is 0 Å². The van der Waals surface area contributed by atoms with Crippen molar-refractivity contribution in [3.8, 4) is 0 Å². The van der Waals surface area contributed by atoms with E-state index in [0.717, 1.165) is 26.6 Å². The van der Waals surface area contributed by atoms with Gasteiger partial charge in [0.25, 0.3) is 0 Å². The molecule has 3 rings (SSSR count). The lowest BCUT2D eigenvalue weighted by Crippen LogP contribution is -1.99. The molecule has 0 amide bonds. The summed E-state index contributed by atoms with van der Waals surface area (Å²) < 4.78 is 2.04. The summed E-state index contributed by atoms with van der Waals surface area (Å²) in [5.41, 5.74) is 3.24. The maximum Gasteiger partial charge on any atom is 0.323 e. The normalized spacial score (nSPS) is 12.8. The third-order valence-electron chi connectivity index (χ3n) is 3.07. The molecule has 0 aliphatic rings. The molecule has 6 heteroatoms. The molecule has 2 aromatic carbocycles. The van der Waals surface area contributed by atoms with Gasteiger partial charge in [0.2, 0.25) is 0 Å². The van der Waals surface area contributed by atoms with Crippen molar-refractivity contribution in [2.45, 2.75) is 5.38 Å². The first-order valence-corrected chi connectivity index (χ1v) is 8.16. The zero-order valence-electron chi connectivity index (χ0n) is 10.1. The first-order chi connectivity index (χ1) is 9.54. The van der Waals surface area contributed by atoms with E-state index < -0.39 is 0 Å². The molecule has 3 aromatic rings. The number of benzene rings is 2. The molecular weight excluding hydrogens is 454 g/mol. The largest absolute Gasteiger partial charge is 0.323 e. The first-order valence-electron chi connectivity index (χ1n) is 5.85. The lowest BCUT2D eigenvalue weighted by atomic mass is 10.0. The van der Waals surface area contributed by atoms with Crippen molar-refractivity contribution in [3.63, 3.8) is 0 Å². The van der Waals surface area contributed by atoms with Crippen LogP contribution in [0.1, 0.15) is 16.5 Å². The summed E-state index contributed by atoms with van der Waals surface area (Å²) in [5, 5.41) is -0.274. The molecule has 0 spiro atoms. The van der Waals surface area contributed by atoms with Crippen LogP contribution in [0.15, 0.2) is 45.7 Å². The average Bonchev–Trinajstić information content (AvgIpc) is 2.77. The molecule has 3 nitrogen and oxygen atoms in total. The van der Waals surface area contributed by atoms with Gasteiger partial charge in [0.1, 0.15) is 0 Å². The SMILES string of the molecule is O=c1[nH]c2cc(Br)c(C(Cl)c3ccc(I)cc3)cc2[nH]1. The minimum Gasteiger partial charge on any atom is -0.306 e. The zero-order valence-corrected chi connectivity index (χ0v) is 14.6. The molecule has 0 saturated heterocycles. The molecule has 0 aliphatic heterocycles. The van der Waals surface area contributed by atoms with Gasteiger partial charge < -0.3 is 9.97 Å². The van der Waals surface area contributed by atoms with Gasteiger partial charge >= 0.3 is 5.69 Å². The van der Waals surface area contributed by atoms with Crippen molar-refractivity contribution in [3.05, 3.63) is 66.1 Å². The lowest BCUT2D eigenvalue weighted by Gasteiger charge is -2.12. The molecule has 1 atom stereocenters. The summed E-state index contributed by atoms with van der Waals surface area (Å²) in [7, 11) is 0. The number of aromatic amines is 2. The number of fused-ring (bicyclic) bond motifs is 1. The van der Waals surface area contributed by atoms with E-state index in [-0.39, 0.29) is 11.1 Å². The van der Waals surface area contributed by atoms with Crippen molar-refractivity contribution in [2.24, 2.45) is 0 Å². The second kappa shape index (κ2) is 5.54. The Balaban J connectivity index is 2.10. The third-order valence-corrected chi connectivity index (χ3v) is 4.96. The Morgan fingerprint density at radius 3 is 2.35 bits per heavy atom. The highest BCUT2D eigenvalue weighted by atomic mass is 127. The number of halogens is 3. The second-order valence-corrected chi connectivity index (χ2v) is 6.95. The molecule has 2 N–H and O–H groups in total. The average molecular weight is 464 g/mol. The van der Waals surface area contributed by atoms with Gasteiger partial charge in [0, 0.05) is 8.04 Å². The van der Waals surface area contributed by atoms with Crippen molar-refractivity contribution >= 4 is 61.2 Å². The smallest absolute Gasteiger partial charge is 0.306 e. The predicted molar refractivity (Wildman–Crippen MR) is 93.5 cm³/mol. The minimum absolute atomic E-state index is 0.218. The zero-order chi connectivity index (χ0) is 14.3. The van der Waals surface area contributed by atoms with E-state index in [4.69, 9.17) is 11.6 Å². The van der Waals surface area contributed by atoms with Gasteiger partial charge in [-0.25, -0.2) is 4.79 Å². The molecule has 1 aromatic heterocycles. The standard InChI is InChI=1S/C14H9BrClIN2O/c15-10-6-12-11(18-14(20)19-12)5-9(10)13(16)7-1-3-8(17)4-2-7/h1-6,13H,(H2,18,19,20). The summed E-state index contributed by atoms with van der Waals surface area (Å²) in [5.74, 6) is 0. The Hall–Kier alpha value is -0.790. The van der Waals surface area contributed by atoms with Crippen LogP contribution in [-0.4, -0.2) is 9.97 Å². The van der Waals surface area contributed by atoms with Crippen LogP contribution in [0.4, 0.5) is 0 Å². The number of H-pyrrole nitrogens is 2. The molecule has 0 bridgehead atoms. The highest BCUT2D eigenvalue weighted by Crippen LogP contribution is 2.35. The van der Waals surface area contributed by atoms with Crippen LogP contribution in [0.3, 0.4) is 0 Å². The summed E-state index contributed by atoms with van der Waals surface area (Å²) >= 11 is 12.3. The molecule has 20 heavy (non-hydrogen) atoms. The molecule has 0 radical (unpaired) electrons. The van der Waals surface area contributed by atoms with Gasteiger partial charge in [-0.05, 0) is 58.0 Å². The molecule has 0 aliphatic carbocycles. The Morgan fingerprint density at radius 1 is 1.10 bits per heavy atom. The Morgan fingerprint density at radius 2 is 1.70 bits per heavy atom. The van der Waals surface area contributed by atoms with Crippen LogP contribution < -0.4 is 5.69 Å². The highest BCUT2D eigenvalue weighted by molar-refractivity contribution is 14.1. The van der Waals surface area contributed by atoms with Crippen LogP contribution >= 0.6 is 50.1 Å². The van der Waals surface area contributed by atoms with E-state index in [1.165, 1.54) is 3.57 Å². The van der Waals surface area contributed by atoms with Crippen LogP contribution in [0.25, 0.3) is 11.0 Å². The Kier molecular flexibility index (Phi) is 3.92. The number of hydrogen-bond acceptors (Lipinski definition) is 1. The van der Waals surface area contributed by atoms with Gasteiger partial charge in [-0.1, -0.05) is 28.1 Å². The number of imidazole rings is 1. The fourth-order valence-corrected chi connectivity index (χ4v) is 3.47. The molecule has 102 valence electrons. The highest BCUT2D eigenvalue weighted by Gasteiger charge is 2.15. The molecule has 1 unspecified atom stereocenters.